The van der Waals surface area contributed by atoms with Crippen molar-refractivity contribution in [2.45, 2.75) is 89.9 Å². The number of fused-ring (bicyclic) bond motifs is 2. The van der Waals surface area contributed by atoms with Crippen LogP contribution in [0.2, 0.25) is 0 Å². The SMILES string of the molecule is CC(=O)c1c(C)c2cnc(Nc3ccc(N4CCC(N(C)Cc5cc6c(cc5Br)C(=O)N(C5CCC(=O)NC5=O)C6=O)CC4)cn3)nc2n(C2CCCC2)c1=O. The second-order valence-electron chi connectivity index (χ2n) is 15.2. The number of Topliss-reactive ketones (excluding diaryl/α,β-unsaturated/α-hetero) is 1. The summed E-state index contributed by atoms with van der Waals surface area (Å²) < 4.78 is 2.41. The van der Waals surface area contributed by atoms with Crippen LogP contribution in [0.15, 0.2) is 45.9 Å². The van der Waals surface area contributed by atoms with Crippen LogP contribution < -0.4 is 21.1 Å². The summed E-state index contributed by atoms with van der Waals surface area (Å²) in [4.78, 5) is 96.3. The number of nitrogens with one attached hydrogen (secondary N) is 2. The van der Waals surface area contributed by atoms with Gasteiger partial charge in [-0.15, -0.1) is 0 Å². The largest absolute Gasteiger partial charge is 0.370 e. The molecule has 1 aliphatic carbocycles. The van der Waals surface area contributed by atoms with Crippen LogP contribution in [0.4, 0.5) is 17.5 Å². The number of carbonyl (C=O) groups excluding carboxylic acids is 5. The molecule has 0 bridgehead atoms. The Morgan fingerprint density at radius 2 is 1.68 bits per heavy atom. The zero-order valence-electron chi connectivity index (χ0n) is 31.4. The molecule has 16 heteroatoms. The van der Waals surface area contributed by atoms with Gasteiger partial charge in [0.2, 0.25) is 17.8 Å². The maximum Gasteiger partial charge on any atom is 0.263 e. The van der Waals surface area contributed by atoms with Gasteiger partial charge in [-0.1, -0.05) is 28.8 Å². The van der Waals surface area contributed by atoms with Crippen LogP contribution in [0, 0.1) is 6.92 Å². The van der Waals surface area contributed by atoms with Gasteiger partial charge in [0.15, 0.2) is 5.78 Å². The van der Waals surface area contributed by atoms with Crippen LogP contribution >= 0.6 is 15.9 Å². The van der Waals surface area contributed by atoms with Crippen molar-refractivity contribution in [3.63, 3.8) is 0 Å². The second-order valence-corrected chi connectivity index (χ2v) is 16.1. The normalized spacial score (nSPS) is 19.3. The van der Waals surface area contributed by atoms with E-state index >= 15 is 0 Å². The zero-order chi connectivity index (χ0) is 39.4. The van der Waals surface area contributed by atoms with E-state index in [4.69, 9.17) is 4.98 Å². The van der Waals surface area contributed by atoms with Crippen LogP contribution in [0.1, 0.15) is 107 Å². The average Bonchev–Trinajstić information content (AvgIpc) is 3.78. The fourth-order valence-electron chi connectivity index (χ4n) is 8.69. The van der Waals surface area contributed by atoms with Crippen molar-refractivity contribution in [1.29, 1.82) is 0 Å². The minimum absolute atomic E-state index is 0.00810. The summed E-state index contributed by atoms with van der Waals surface area (Å²) in [7, 11) is 2.05. The van der Waals surface area contributed by atoms with Gasteiger partial charge in [-0.05, 0) is 88.4 Å². The smallest absolute Gasteiger partial charge is 0.263 e. The fraction of sp³-hybridized carbons (Fsp3) is 0.425. The number of nitrogens with zero attached hydrogens (tertiary/aromatic N) is 7. The summed E-state index contributed by atoms with van der Waals surface area (Å²) in [6.45, 7) is 5.38. The minimum atomic E-state index is -1.01. The summed E-state index contributed by atoms with van der Waals surface area (Å²) in [5.74, 6) is -1.46. The molecular formula is C40H42BrN9O6. The minimum Gasteiger partial charge on any atom is -0.370 e. The van der Waals surface area contributed by atoms with E-state index in [-0.39, 0.29) is 53.0 Å². The maximum atomic E-state index is 13.6. The molecule has 3 aliphatic heterocycles. The zero-order valence-corrected chi connectivity index (χ0v) is 33.0. The first-order valence-corrected chi connectivity index (χ1v) is 19.8. The Morgan fingerprint density at radius 3 is 2.34 bits per heavy atom. The van der Waals surface area contributed by atoms with E-state index in [0.29, 0.717) is 39.4 Å². The van der Waals surface area contributed by atoms with Crippen LogP contribution in [-0.4, -0.2) is 91.0 Å². The highest BCUT2D eigenvalue weighted by molar-refractivity contribution is 9.10. The van der Waals surface area contributed by atoms with Crippen molar-refractivity contribution >= 4 is 73.8 Å². The first kappa shape index (κ1) is 37.6. The molecule has 4 aromatic rings. The molecule has 1 atom stereocenters. The summed E-state index contributed by atoms with van der Waals surface area (Å²) in [5.41, 5.74) is 3.39. The molecule has 4 aliphatic rings. The van der Waals surface area contributed by atoms with Crippen molar-refractivity contribution in [2.75, 3.05) is 30.4 Å². The lowest BCUT2D eigenvalue weighted by Crippen LogP contribution is -2.54. The number of piperidine rings is 2. The predicted octanol–water partition coefficient (Wildman–Crippen LogP) is 4.82. The molecule has 6 heterocycles. The van der Waals surface area contributed by atoms with Crippen LogP contribution in [0.3, 0.4) is 0 Å². The molecule has 15 nitrogen and oxygen atoms in total. The number of halogens is 1. The van der Waals surface area contributed by atoms with Gasteiger partial charge in [0.1, 0.15) is 17.5 Å². The lowest BCUT2D eigenvalue weighted by atomic mass is 10.0. The topological polar surface area (TPSA) is 180 Å². The molecule has 0 radical (unpaired) electrons. The predicted molar refractivity (Wildman–Crippen MR) is 211 cm³/mol. The molecule has 1 saturated carbocycles. The van der Waals surface area contributed by atoms with Gasteiger partial charge >= 0.3 is 0 Å². The van der Waals surface area contributed by atoms with Crippen molar-refractivity contribution in [3.05, 3.63) is 79.3 Å². The van der Waals surface area contributed by atoms with Gasteiger partial charge < -0.3 is 10.2 Å². The molecule has 4 amide bonds. The molecule has 0 spiro atoms. The van der Waals surface area contributed by atoms with Crippen molar-refractivity contribution in [3.8, 4) is 0 Å². The number of pyridine rings is 2. The highest BCUT2D eigenvalue weighted by atomic mass is 79.9. The molecule has 1 unspecified atom stereocenters. The Labute approximate surface area is 331 Å². The number of hydrogen-bond acceptors (Lipinski definition) is 12. The van der Waals surface area contributed by atoms with E-state index in [1.54, 1.807) is 29.8 Å². The summed E-state index contributed by atoms with van der Waals surface area (Å²) in [5, 5.41) is 6.12. The third kappa shape index (κ3) is 6.78. The Bertz CT molecular complexity index is 2370. The lowest BCUT2D eigenvalue weighted by Gasteiger charge is -2.38. The summed E-state index contributed by atoms with van der Waals surface area (Å²) in [6, 6.07) is 6.55. The van der Waals surface area contributed by atoms with E-state index in [2.05, 4.69) is 53.4 Å². The van der Waals surface area contributed by atoms with Crippen LogP contribution in [-0.2, 0) is 16.1 Å². The number of carbonyl (C=O) groups is 5. The van der Waals surface area contributed by atoms with Crippen molar-refractivity contribution < 1.29 is 24.0 Å². The number of imide groups is 2. The van der Waals surface area contributed by atoms with Gasteiger partial charge in [0.25, 0.3) is 17.4 Å². The Morgan fingerprint density at radius 1 is 0.964 bits per heavy atom. The number of aryl methyl sites for hydroxylation is 1. The lowest BCUT2D eigenvalue weighted by molar-refractivity contribution is -0.136. The van der Waals surface area contributed by atoms with Gasteiger partial charge in [-0.2, -0.15) is 4.98 Å². The second kappa shape index (κ2) is 15.0. The molecule has 1 aromatic carbocycles. The summed E-state index contributed by atoms with van der Waals surface area (Å²) >= 11 is 3.61. The Balaban J connectivity index is 0.905. The van der Waals surface area contributed by atoms with Gasteiger partial charge in [0, 0.05) is 54.2 Å². The molecule has 2 N–H and O–H groups in total. The Hall–Kier alpha value is -5.35. The molecule has 290 valence electrons. The van der Waals surface area contributed by atoms with Crippen molar-refractivity contribution in [2.24, 2.45) is 0 Å². The maximum absolute atomic E-state index is 13.6. The molecule has 8 rings (SSSR count). The van der Waals surface area contributed by atoms with E-state index in [1.807, 2.05) is 18.3 Å². The quantitative estimate of drug-likeness (QED) is 0.174. The third-order valence-electron chi connectivity index (χ3n) is 11.7. The van der Waals surface area contributed by atoms with Crippen molar-refractivity contribution in [1.82, 2.24) is 34.6 Å². The first-order chi connectivity index (χ1) is 26.9. The number of anilines is 3. The van der Waals surface area contributed by atoms with Gasteiger partial charge in [-0.25, -0.2) is 9.97 Å². The number of rotatable bonds is 9. The van der Waals surface area contributed by atoms with Gasteiger partial charge in [0.05, 0.1) is 28.6 Å². The first-order valence-electron chi connectivity index (χ1n) is 19.0. The number of amides is 4. The highest BCUT2D eigenvalue weighted by Crippen LogP contribution is 2.34. The number of ketones is 1. The number of aromatic nitrogens is 4. The van der Waals surface area contributed by atoms with Crippen LogP contribution in [0.25, 0.3) is 11.0 Å². The van der Waals surface area contributed by atoms with Crippen LogP contribution in [0.5, 0.6) is 0 Å². The molecule has 56 heavy (non-hydrogen) atoms. The van der Waals surface area contributed by atoms with E-state index in [1.165, 1.54) is 6.92 Å². The number of hydrogen-bond donors (Lipinski definition) is 2. The van der Waals surface area contributed by atoms with E-state index in [9.17, 15) is 28.8 Å². The molecular weight excluding hydrogens is 782 g/mol. The molecule has 3 aromatic heterocycles. The highest BCUT2D eigenvalue weighted by Gasteiger charge is 2.45. The third-order valence-corrected chi connectivity index (χ3v) is 12.5. The standard InChI is InChI=1S/C40H42BrN9O6/c1-21-29-19-43-40(46-35(29)49(25-6-4-5-7-25)39(56)34(21)22(2)51)44-32-10-8-26(18-42-32)48-14-12-24(13-15-48)47(3)20-23-16-27-28(17-30(23)41)38(55)50(37(27)54)31-9-11-33(52)45-36(31)53/h8,10,16-19,24-25,31H,4-7,9,11-15,20H2,1-3H3,(H,45,52,53)(H,42,43,44,46). The average molecular weight is 825 g/mol. The summed E-state index contributed by atoms with van der Waals surface area (Å²) in [6.07, 6.45) is 9.27. The monoisotopic (exact) mass is 823 g/mol. The number of benzene rings is 1. The molecule has 3 fully saturated rings. The van der Waals surface area contributed by atoms with E-state index in [0.717, 1.165) is 67.8 Å². The fourth-order valence-corrected chi connectivity index (χ4v) is 9.16. The Kier molecular flexibility index (Phi) is 10.0. The molecule has 2 saturated heterocycles. The van der Waals surface area contributed by atoms with Gasteiger partial charge in [-0.3, -0.25) is 48.5 Å². The van der Waals surface area contributed by atoms with E-state index < -0.39 is 29.7 Å².